The van der Waals surface area contributed by atoms with Gasteiger partial charge in [0.05, 0.1) is 6.10 Å². The zero-order valence-electron chi connectivity index (χ0n) is 34.0. The van der Waals surface area contributed by atoms with Crippen LogP contribution in [-0.2, 0) is 46.3 Å². The number of halogens is 2. The van der Waals surface area contributed by atoms with Gasteiger partial charge >= 0.3 is 12.0 Å². The summed E-state index contributed by atoms with van der Waals surface area (Å²) in [5, 5.41) is 21.0. The third-order valence-corrected chi connectivity index (χ3v) is 11.0. The molecule has 0 spiro atoms. The lowest BCUT2D eigenvalue weighted by Crippen LogP contribution is -2.63. The summed E-state index contributed by atoms with van der Waals surface area (Å²) in [6.45, 7) is 8.04. The number of benzene rings is 2. The number of likely N-dealkylation sites (N-methyl/N-ethyl adjacent to an activating group) is 1. The van der Waals surface area contributed by atoms with Gasteiger partial charge in [0, 0.05) is 38.3 Å². The zero-order valence-corrected chi connectivity index (χ0v) is 34.0. The van der Waals surface area contributed by atoms with Gasteiger partial charge in [0.15, 0.2) is 0 Å². The van der Waals surface area contributed by atoms with Gasteiger partial charge in [0.2, 0.25) is 29.5 Å². The Bertz CT molecular complexity index is 1910. The van der Waals surface area contributed by atoms with Crippen molar-refractivity contribution in [2.45, 2.75) is 115 Å². The molecule has 59 heavy (non-hydrogen) atoms. The molecule has 2 aromatic rings. The first-order chi connectivity index (χ1) is 27.9. The molecule has 0 aliphatic carbocycles. The maximum Gasteiger partial charge on any atom is 0.329 e. The lowest BCUT2D eigenvalue weighted by Gasteiger charge is -2.37. The standard InChI is InChI=1S/C41H53F2N7O9/c1-7-25-10-12-29(13-11-25)45-41(58)46-30(18-26-16-27(42)19-28(43)17-26)35(52)47-33-24(5)59-40(57)32-15-21(2)20-50(32)37(54)22(3)44-36(53)34(23(4)51)48(6)38(55)31-9-8-14-49(31)39(33)56/h10-13,16-17,19,21-24,30-34,51H,7-9,14-15,18,20H2,1-6H3,(H,44,53)(H,47,52)(H2,45,46,58)/t21-,22+,23+,24+,30+,31+,32+,33+,34+/m1/s1. The Morgan fingerprint density at radius 3 is 2.22 bits per heavy atom. The third kappa shape index (κ3) is 10.5. The largest absolute Gasteiger partial charge is 0.458 e. The zero-order chi connectivity index (χ0) is 43.3. The van der Waals surface area contributed by atoms with Crippen molar-refractivity contribution in [2.75, 3.05) is 25.5 Å². The number of anilines is 1. The van der Waals surface area contributed by atoms with Gasteiger partial charge in [-0.3, -0.25) is 24.0 Å². The molecule has 2 aromatic carbocycles. The van der Waals surface area contributed by atoms with Gasteiger partial charge in [-0.05, 0) is 87.8 Å². The Balaban J connectivity index is 1.51. The molecule has 3 aliphatic heterocycles. The summed E-state index contributed by atoms with van der Waals surface area (Å²) in [7, 11) is 1.30. The number of rotatable bonds is 8. The van der Waals surface area contributed by atoms with Crippen LogP contribution < -0.4 is 21.3 Å². The van der Waals surface area contributed by atoms with E-state index < -0.39 is 108 Å². The molecule has 0 aromatic heterocycles. The normalized spacial score (nSPS) is 26.7. The van der Waals surface area contributed by atoms with E-state index in [0.29, 0.717) is 18.2 Å². The van der Waals surface area contributed by atoms with Crippen molar-refractivity contribution in [1.29, 1.82) is 0 Å². The number of fused-ring (bicyclic) bond motifs is 2. The average Bonchev–Trinajstić information content (AvgIpc) is 3.82. The Morgan fingerprint density at radius 1 is 0.932 bits per heavy atom. The molecule has 0 unspecified atom stereocenters. The number of cyclic esters (lactones) is 1. The SMILES string of the molecule is CCc1ccc(NC(=O)N[C@@H](Cc2cc(F)cc(F)c2)C(=O)N[C@@H]2C(=O)N3CCC[C@H]3C(=O)N(C)[C@@H]([C@H](C)O)C(=O)N[C@@H](C)C(=O)N3C[C@H](C)C[C@H]3C(=O)O[C@H]2C)cc1. The van der Waals surface area contributed by atoms with Crippen molar-refractivity contribution in [3.63, 3.8) is 0 Å². The van der Waals surface area contributed by atoms with Gasteiger partial charge in [-0.25, -0.2) is 18.4 Å². The fourth-order valence-electron chi connectivity index (χ4n) is 7.97. The van der Waals surface area contributed by atoms with Crippen molar-refractivity contribution >= 4 is 47.2 Å². The minimum Gasteiger partial charge on any atom is -0.458 e. The summed E-state index contributed by atoms with van der Waals surface area (Å²) in [6, 6.07) is 0.519. The van der Waals surface area contributed by atoms with Gasteiger partial charge in [-0.15, -0.1) is 0 Å². The maximum atomic E-state index is 14.6. The predicted molar refractivity (Wildman–Crippen MR) is 209 cm³/mol. The molecule has 3 heterocycles. The van der Waals surface area contributed by atoms with Crippen LogP contribution in [0.5, 0.6) is 0 Å². The fraction of sp³-hybridized carbons (Fsp3) is 0.537. The Hall–Kier alpha value is -5.65. The van der Waals surface area contributed by atoms with E-state index >= 15 is 0 Å². The number of carbonyl (C=O) groups is 7. The van der Waals surface area contributed by atoms with Crippen LogP contribution in [0.15, 0.2) is 42.5 Å². The van der Waals surface area contributed by atoms with E-state index in [2.05, 4.69) is 21.3 Å². The van der Waals surface area contributed by atoms with Gasteiger partial charge in [0.25, 0.3) is 0 Å². The highest BCUT2D eigenvalue weighted by atomic mass is 19.1. The van der Waals surface area contributed by atoms with Crippen LogP contribution in [0.25, 0.3) is 0 Å². The minimum atomic E-state index is -1.69. The second-order valence-electron chi connectivity index (χ2n) is 15.7. The Labute approximate surface area is 341 Å². The van der Waals surface area contributed by atoms with E-state index in [9.17, 15) is 47.4 Å². The van der Waals surface area contributed by atoms with Crippen LogP contribution in [0.3, 0.4) is 0 Å². The molecule has 9 atom stereocenters. The van der Waals surface area contributed by atoms with Crippen molar-refractivity contribution in [3.8, 4) is 0 Å². The van der Waals surface area contributed by atoms with Gasteiger partial charge < -0.3 is 45.8 Å². The number of amides is 7. The van der Waals surface area contributed by atoms with E-state index in [1.54, 1.807) is 24.3 Å². The summed E-state index contributed by atoms with van der Waals surface area (Å²) in [5.74, 6) is -6.90. The van der Waals surface area contributed by atoms with Crippen LogP contribution in [0.2, 0.25) is 0 Å². The second-order valence-corrected chi connectivity index (χ2v) is 15.7. The summed E-state index contributed by atoms with van der Waals surface area (Å²) < 4.78 is 34.5. The predicted octanol–water partition coefficient (Wildman–Crippen LogP) is 1.63. The summed E-state index contributed by atoms with van der Waals surface area (Å²) in [4.78, 5) is 101. The van der Waals surface area contributed by atoms with E-state index in [1.807, 2.05) is 13.8 Å². The van der Waals surface area contributed by atoms with E-state index in [4.69, 9.17) is 4.74 Å². The molecule has 5 N–H and O–H groups in total. The average molecular weight is 826 g/mol. The van der Waals surface area contributed by atoms with Gasteiger partial charge in [0.1, 0.15) is 54.0 Å². The summed E-state index contributed by atoms with van der Waals surface area (Å²) in [6.07, 6.45) is -1.83. The molecule has 16 nitrogen and oxygen atoms in total. The Kier molecular flexibility index (Phi) is 14.3. The van der Waals surface area contributed by atoms with Gasteiger partial charge in [-0.2, -0.15) is 0 Å². The number of hydrogen-bond donors (Lipinski definition) is 5. The number of aliphatic hydroxyl groups excluding tert-OH is 1. The molecule has 0 saturated carbocycles. The topological polar surface area (TPSA) is 207 Å². The first-order valence-corrected chi connectivity index (χ1v) is 19.9. The van der Waals surface area contributed by atoms with Crippen molar-refractivity contribution in [1.82, 2.24) is 30.7 Å². The smallest absolute Gasteiger partial charge is 0.329 e. The number of nitrogens with one attached hydrogen (secondary N) is 4. The number of ether oxygens (including phenoxy) is 1. The molecule has 18 heteroatoms. The van der Waals surface area contributed by atoms with Crippen LogP contribution >= 0.6 is 0 Å². The summed E-state index contributed by atoms with van der Waals surface area (Å²) >= 11 is 0. The third-order valence-electron chi connectivity index (χ3n) is 11.0. The van der Waals surface area contributed by atoms with Gasteiger partial charge in [-0.1, -0.05) is 26.0 Å². The quantitative estimate of drug-likeness (QED) is 0.245. The van der Waals surface area contributed by atoms with Crippen LogP contribution in [0.1, 0.15) is 65.0 Å². The first kappa shape index (κ1) is 44.5. The Morgan fingerprint density at radius 2 is 1.59 bits per heavy atom. The van der Waals surface area contributed by atoms with Crippen molar-refractivity contribution in [3.05, 3.63) is 65.2 Å². The molecule has 3 fully saturated rings. The molecule has 320 valence electrons. The number of aliphatic hydroxyl groups is 1. The van der Waals surface area contributed by atoms with Crippen LogP contribution in [-0.4, -0.2) is 130 Å². The molecule has 3 saturated heterocycles. The van der Waals surface area contributed by atoms with E-state index in [1.165, 1.54) is 37.6 Å². The lowest BCUT2D eigenvalue weighted by molar-refractivity contribution is -0.163. The molecule has 7 amide bonds. The van der Waals surface area contributed by atoms with Crippen LogP contribution in [0.4, 0.5) is 19.3 Å². The molecule has 5 rings (SSSR count). The number of hydrogen-bond acceptors (Lipinski definition) is 9. The molecular weight excluding hydrogens is 772 g/mol. The summed E-state index contributed by atoms with van der Waals surface area (Å²) in [5.41, 5.74) is 1.39. The number of aryl methyl sites for hydroxylation is 1. The highest BCUT2D eigenvalue weighted by Crippen LogP contribution is 2.27. The second kappa shape index (κ2) is 18.9. The molecular formula is C41H53F2N7O9. The highest BCUT2D eigenvalue weighted by Gasteiger charge is 2.47. The maximum absolute atomic E-state index is 14.6. The number of carbonyl (C=O) groups excluding carboxylic acids is 7. The monoisotopic (exact) mass is 825 g/mol. The minimum absolute atomic E-state index is 0.00155. The number of urea groups is 1. The fourth-order valence-corrected chi connectivity index (χ4v) is 7.97. The van der Waals surface area contributed by atoms with Crippen molar-refractivity contribution in [2.24, 2.45) is 5.92 Å². The molecule has 0 bridgehead atoms. The van der Waals surface area contributed by atoms with Crippen molar-refractivity contribution < 1.29 is 52.2 Å². The molecule has 3 aliphatic rings. The van der Waals surface area contributed by atoms with E-state index in [-0.39, 0.29) is 37.4 Å². The number of esters is 1. The van der Waals surface area contributed by atoms with E-state index in [0.717, 1.165) is 29.0 Å². The lowest BCUT2D eigenvalue weighted by atomic mass is 10.0. The highest BCUT2D eigenvalue weighted by molar-refractivity contribution is 5.98. The number of nitrogens with zero attached hydrogens (tertiary/aromatic N) is 3. The molecule has 0 radical (unpaired) electrons. The van der Waals surface area contributed by atoms with Crippen LogP contribution in [0, 0.1) is 17.6 Å². The first-order valence-electron chi connectivity index (χ1n) is 19.9.